The summed E-state index contributed by atoms with van der Waals surface area (Å²) in [4.78, 5) is 18.5. The average molecular weight is 330 g/mol. The first-order valence-electron chi connectivity index (χ1n) is 9.10. The van der Waals surface area contributed by atoms with E-state index in [9.17, 15) is 4.79 Å². The van der Waals surface area contributed by atoms with Gasteiger partial charge < -0.3 is 14.4 Å². The molecule has 0 radical (unpaired) electrons. The van der Waals surface area contributed by atoms with E-state index in [1.54, 1.807) is 12.4 Å². The minimum atomic E-state index is -0.277. The van der Waals surface area contributed by atoms with Crippen LogP contribution in [0.15, 0.2) is 24.5 Å². The van der Waals surface area contributed by atoms with E-state index in [-0.39, 0.29) is 11.7 Å². The van der Waals surface area contributed by atoms with Crippen LogP contribution in [0.5, 0.6) is 5.75 Å². The highest BCUT2D eigenvalue weighted by Gasteiger charge is 2.47. The summed E-state index contributed by atoms with van der Waals surface area (Å²) in [5.74, 6) is 2.21. The van der Waals surface area contributed by atoms with Gasteiger partial charge in [-0.1, -0.05) is 0 Å². The van der Waals surface area contributed by atoms with Crippen LogP contribution < -0.4 is 4.74 Å². The van der Waals surface area contributed by atoms with Crippen molar-refractivity contribution < 1.29 is 14.3 Å². The van der Waals surface area contributed by atoms with Crippen LogP contribution in [0.4, 0.5) is 0 Å². The van der Waals surface area contributed by atoms with E-state index in [1.807, 2.05) is 12.1 Å². The molecule has 0 N–H and O–H groups in total. The number of pyridine rings is 1. The SMILES string of the molecule is C[C@]1(COc2cccnc2)C[C@@H]2CN(C(=O)CC3CC3)CC[C@@H]2O1. The highest BCUT2D eigenvalue weighted by atomic mass is 16.6. The zero-order valence-corrected chi connectivity index (χ0v) is 14.3. The molecule has 130 valence electrons. The van der Waals surface area contributed by atoms with E-state index in [0.29, 0.717) is 24.3 Å². The van der Waals surface area contributed by atoms with E-state index in [1.165, 1.54) is 12.8 Å². The minimum Gasteiger partial charge on any atom is -0.489 e. The van der Waals surface area contributed by atoms with Crippen LogP contribution in [0.1, 0.15) is 39.0 Å². The highest BCUT2D eigenvalue weighted by molar-refractivity contribution is 5.76. The number of hydrogen-bond donors (Lipinski definition) is 0. The molecule has 1 aromatic rings. The number of hydrogen-bond acceptors (Lipinski definition) is 4. The summed E-state index contributed by atoms with van der Waals surface area (Å²) in [6.45, 7) is 4.34. The van der Waals surface area contributed by atoms with Crippen molar-refractivity contribution in [2.24, 2.45) is 11.8 Å². The maximum Gasteiger partial charge on any atom is 0.222 e. The molecule has 2 saturated heterocycles. The van der Waals surface area contributed by atoms with Crippen molar-refractivity contribution in [3.63, 3.8) is 0 Å². The molecule has 3 heterocycles. The first-order chi connectivity index (χ1) is 11.6. The second-order valence-corrected chi connectivity index (χ2v) is 7.82. The third-order valence-corrected chi connectivity index (χ3v) is 5.49. The normalized spacial score (nSPS) is 32.5. The Balaban J connectivity index is 1.32. The maximum absolute atomic E-state index is 12.4. The smallest absolute Gasteiger partial charge is 0.222 e. The molecular weight excluding hydrogens is 304 g/mol. The molecule has 0 bridgehead atoms. The van der Waals surface area contributed by atoms with Gasteiger partial charge in [-0.3, -0.25) is 9.78 Å². The Morgan fingerprint density at radius 2 is 2.33 bits per heavy atom. The molecule has 1 aliphatic carbocycles. The summed E-state index contributed by atoms with van der Waals surface area (Å²) in [6, 6.07) is 3.78. The summed E-state index contributed by atoms with van der Waals surface area (Å²) in [5, 5.41) is 0. The summed E-state index contributed by atoms with van der Waals surface area (Å²) in [6.07, 6.45) is 8.84. The number of fused-ring (bicyclic) bond motifs is 1. The third kappa shape index (κ3) is 3.56. The predicted molar refractivity (Wildman–Crippen MR) is 89.7 cm³/mol. The molecular formula is C19H26N2O3. The Hall–Kier alpha value is -1.62. The number of amides is 1. The van der Waals surface area contributed by atoms with Gasteiger partial charge in [0.2, 0.25) is 5.91 Å². The van der Waals surface area contributed by atoms with Crippen molar-refractivity contribution in [2.45, 2.75) is 50.7 Å². The summed E-state index contributed by atoms with van der Waals surface area (Å²) in [7, 11) is 0. The van der Waals surface area contributed by atoms with E-state index >= 15 is 0 Å². The molecule has 0 aromatic carbocycles. The molecule has 2 aliphatic heterocycles. The van der Waals surface area contributed by atoms with Crippen LogP contribution in [-0.4, -0.2) is 47.2 Å². The number of rotatable bonds is 5. The van der Waals surface area contributed by atoms with E-state index < -0.39 is 0 Å². The fourth-order valence-electron chi connectivity index (χ4n) is 4.02. The second kappa shape index (κ2) is 6.36. The second-order valence-electron chi connectivity index (χ2n) is 7.82. The lowest BCUT2D eigenvalue weighted by molar-refractivity contribution is -0.135. The number of likely N-dealkylation sites (tertiary alicyclic amines) is 1. The Bertz CT molecular complexity index is 590. The lowest BCUT2D eigenvalue weighted by Gasteiger charge is -2.34. The zero-order valence-electron chi connectivity index (χ0n) is 14.3. The highest BCUT2D eigenvalue weighted by Crippen LogP contribution is 2.40. The maximum atomic E-state index is 12.4. The Morgan fingerprint density at radius 1 is 1.46 bits per heavy atom. The van der Waals surface area contributed by atoms with Gasteiger partial charge in [0, 0.05) is 31.6 Å². The number of aromatic nitrogens is 1. The Labute approximate surface area is 143 Å². The third-order valence-electron chi connectivity index (χ3n) is 5.49. The van der Waals surface area contributed by atoms with E-state index in [4.69, 9.17) is 9.47 Å². The van der Waals surface area contributed by atoms with Crippen LogP contribution in [0, 0.1) is 11.8 Å². The van der Waals surface area contributed by atoms with Crippen molar-refractivity contribution in [1.29, 1.82) is 0 Å². The monoisotopic (exact) mass is 330 g/mol. The quantitative estimate of drug-likeness (QED) is 0.833. The van der Waals surface area contributed by atoms with Gasteiger partial charge in [0.15, 0.2) is 0 Å². The molecule has 3 atom stereocenters. The molecule has 4 rings (SSSR count). The number of carbonyl (C=O) groups is 1. The zero-order chi connectivity index (χ0) is 16.6. The molecule has 5 nitrogen and oxygen atoms in total. The van der Waals surface area contributed by atoms with E-state index in [2.05, 4.69) is 16.8 Å². The van der Waals surface area contributed by atoms with Gasteiger partial charge in [0.05, 0.1) is 12.3 Å². The number of nitrogens with zero attached hydrogens (tertiary/aromatic N) is 2. The van der Waals surface area contributed by atoms with Gasteiger partial charge >= 0.3 is 0 Å². The largest absolute Gasteiger partial charge is 0.489 e. The summed E-state index contributed by atoms with van der Waals surface area (Å²) < 4.78 is 12.2. The van der Waals surface area contributed by atoms with Gasteiger partial charge in [0.25, 0.3) is 0 Å². The lowest BCUT2D eigenvalue weighted by atomic mass is 9.89. The molecule has 1 amide bonds. The van der Waals surface area contributed by atoms with Crippen molar-refractivity contribution in [1.82, 2.24) is 9.88 Å². The Morgan fingerprint density at radius 3 is 3.08 bits per heavy atom. The lowest BCUT2D eigenvalue weighted by Crippen LogP contribution is -2.44. The molecule has 5 heteroatoms. The fourth-order valence-corrected chi connectivity index (χ4v) is 4.02. The number of piperidine rings is 1. The minimum absolute atomic E-state index is 0.262. The standard InChI is InChI=1S/C19H26N2O3/c1-19(13-23-16-3-2-7-20-11-16)10-15-12-21(8-6-17(15)24-19)18(22)9-14-4-5-14/h2-3,7,11,14-15,17H,4-6,8-10,12-13H2,1H3/t15-,17+,19-/m1/s1. The average Bonchev–Trinajstić information content (AvgIpc) is 3.33. The van der Waals surface area contributed by atoms with E-state index in [0.717, 1.165) is 38.1 Å². The molecule has 1 saturated carbocycles. The molecule has 3 fully saturated rings. The topological polar surface area (TPSA) is 51.7 Å². The van der Waals surface area contributed by atoms with Crippen molar-refractivity contribution in [2.75, 3.05) is 19.7 Å². The molecule has 24 heavy (non-hydrogen) atoms. The van der Waals surface area contributed by atoms with Gasteiger partial charge in [-0.05, 0) is 50.7 Å². The first-order valence-corrected chi connectivity index (χ1v) is 9.10. The summed E-state index contributed by atoms with van der Waals surface area (Å²) in [5.41, 5.74) is -0.277. The van der Waals surface area contributed by atoms with Crippen LogP contribution in [0.3, 0.4) is 0 Å². The van der Waals surface area contributed by atoms with Gasteiger partial charge in [-0.15, -0.1) is 0 Å². The molecule has 3 aliphatic rings. The fraction of sp³-hybridized carbons (Fsp3) is 0.684. The van der Waals surface area contributed by atoms with Gasteiger partial charge in [0.1, 0.15) is 18.0 Å². The van der Waals surface area contributed by atoms with Gasteiger partial charge in [-0.2, -0.15) is 0 Å². The van der Waals surface area contributed by atoms with Crippen molar-refractivity contribution in [3.8, 4) is 5.75 Å². The van der Waals surface area contributed by atoms with Crippen molar-refractivity contribution >= 4 is 5.91 Å². The predicted octanol–water partition coefficient (Wildman–Crippen LogP) is 2.66. The first kappa shape index (κ1) is 15.9. The van der Waals surface area contributed by atoms with Crippen LogP contribution in [-0.2, 0) is 9.53 Å². The summed E-state index contributed by atoms with van der Waals surface area (Å²) >= 11 is 0. The van der Waals surface area contributed by atoms with Crippen LogP contribution in [0.25, 0.3) is 0 Å². The number of ether oxygens (including phenoxy) is 2. The number of carbonyl (C=O) groups excluding carboxylic acids is 1. The van der Waals surface area contributed by atoms with Crippen molar-refractivity contribution in [3.05, 3.63) is 24.5 Å². The Kier molecular flexibility index (Phi) is 4.21. The van der Waals surface area contributed by atoms with Crippen LogP contribution >= 0.6 is 0 Å². The molecule has 1 aromatic heterocycles. The molecule has 0 unspecified atom stereocenters. The van der Waals surface area contributed by atoms with Crippen LogP contribution in [0.2, 0.25) is 0 Å². The molecule has 0 spiro atoms. The van der Waals surface area contributed by atoms with Gasteiger partial charge in [-0.25, -0.2) is 0 Å².